The Kier molecular flexibility index (Phi) is 3.20. The number of sulfone groups is 1. The van der Waals surface area contributed by atoms with Gasteiger partial charge in [0.1, 0.15) is 0 Å². The van der Waals surface area contributed by atoms with Crippen LogP contribution in [0.1, 0.15) is 11.4 Å². The summed E-state index contributed by atoms with van der Waals surface area (Å²) < 4.78 is 27.9. The molecule has 8 nitrogen and oxygen atoms in total. The molecule has 0 spiro atoms. The van der Waals surface area contributed by atoms with Crippen LogP contribution in [0.4, 0.5) is 0 Å². The van der Waals surface area contributed by atoms with Gasteiger partial charge in [0, 0.05) is 23.8 Å². The van der Waals surface area contributed by atoms with E-state index in [-0.39, 0.29) is 17.5 Å². The van der Waals surface area contributed by atoms with Gasteiger partial charge in [-0.25, -0.2) is 13.4 Å². The Morgan fingerprint density at radius 2 is 2.05 bits per heavy atom. The largest absolute Gasteiger partial charge is 0.272 e. The first-order chi connectivity index (χ1) is 9.97. The molecule has 0 bridgehead atoms. The molecule has 3 aromatic rings. The van der Waals surface area contributed by atoms with Crippen LogP contribution in [0.15, 0.2) is 29.7 Å². The highest BCUT2D eigenvalue weighted by Gasteiger charge is 2.23. The van der Waals surface area contributed by atoms with Crippen LogP contribution < -0.4 is 0 Å². The SMILES string of the molecule is Cc1cc(C)n2c(S(=O)(=O)CCn3cccn3)nnc2n1. The van der Waals surface area contributed by atoms with E-state index in [0.29, 0.717) is 5.78 Å². The van der Waals surface area contributed by atoms with Crippen molar-refractivity contribution in [3.63, 3.8) is 0 Å². The zero-order chi connectivity index (χ0) is 15.0. The lowest BCUT2D eigenvalue weighted by atomic mass is 10.3. The topological polar surface area (TPSA) is 95.0 Å². The molecule has 0 fully saturated rings. The predicted octanol–water partition coefficient (Wildman–Crippen LogP) is 0.412. The zero-order valence-electron chi connectivity index (χ0n) is 11.6. The van der Waals surface area contributed by atoms with Crippen LogP contribution in [-0.4, -0.2) is 43.5 Å². The quantitative estimate of drug-likeness (QED) is 0.693. The molecule has 0 aliphatic heterocycles. The summed E-state index contributed by atoms with van der Waals surface area (Å²) in [4.78, 5) is 4.19. The minimum absolute atomic E-state index is 0.0744. The first-order valence-corrected chi connectivity index (χ1v) is 8.02. The summed E-state index contributed by atoms with van der Waals surface area (Å²) in [6, 6.07) is 3.54. The van der Waals surface area contributed by atoms with E-state index in [9.17, 15) is 8.42 Å². The van der Waals surface area contributed by atoms with E-state index in [2.05, 4.69) is 20.3 Å². The highest BCUT2D eigenvalue weighted by molar-refractivity contribution is 7.91. The van der Waals surface area contributed by atoms with Crippen molar-refractivity contribution in [2.45, 2.75) is 25.5 Å². The number of fused-ring (bicyclic) bond motifs is 1. The maximum Gasteiger partial charge on any atom is 0.256 e. The molecular formula is C12H14N6O2S. The van der Waals surface area contributed by atoms with Gasteiger partial charge in [-0.1, -0.05) is 0 Å². The molecule has 0 radical (unpaired) electrons. The fourth-order valence-corrected chi connectivity index (χ4v) is 3.42. The van der Waals surface area contributed by atoms with E-state index >= 15 is 0 Å². The van der Waals surface area contributed by atoms with Gasteiger partial charge in [-0.3, -0.25) is 9.08 Å². The fourth-order valence-electron chi connectivity index (χ4n) is 2.14. The summed E-state index contributed by atoms with van der Waals surface area (Å²) in [5, 5.41) is 11.6. The van der Waals surface area contributed by atoms with Crippen LogP contribution in [0.25, 0.3) is 5.78 Å². The van der Waals surface area contributed by atoms with Crippen molar-refractivity contribution in [1.82, 2.24) is 29.4 Å². The number of hydrogen-bond donors (Lipinski definition) is 0. The van der Waals surface area contributed by atoms with Crippen LogP contribution in [0.5, 0.6) is 0 Å². The summed E-state index contributed by atoms with van der Waals surface area (Å²) in [5.41, 5.74) is 1.51. The normalized spacial score (nSPS) is 12.1. The third-order valence-electron chi connectivity index (χ3n) is 3.09. The highest BCUT2D eigenvalue weighted by Crippen LogP contribution is 2.14. The molecule has 0 saturated carbocycles. The standard InChI is InChI=1S/C12H14N6O2S/c1-9-8-10(2)18-11(14-9)15-16-12(18)21(19,20)7-6-17-5-3-4-13-17/h3-5,8H,6-7H2,1-2H3. The van der Waals surface area contributed by atoms with Gasteiger partial charge in [0.15, 0.2) is 0 Å². The van der Waals surface area contributed by atoms with Crippen molar-refractivity contribution < 1.29 is 8.42 Å². The molecule has 21 heavy (non-hydrogen) atoms. The highest BCUT2D eigenvalue weighted by atomic mass is 32.2. The molecule has 110 valence electrons. The van der Waals surface area contributed by atoms with Crippen LogP contribution in [-0.2, 0) is 16.4 Å². The van der Waals surface area contributed by atoms with Crippen molar-refractivity contribution in [1.29, 1.82) is 0 Å². The summed E-state index contributed by atoms with van der Waals surface area (Å²) in [6.07, 6.45) is 3.32. The van der Waals surface area contributed by atoms with E-state index in [1.54, 1.807) is 36.1 Å². The molecular weight excluding hydrogens is 292 g/mol. The Bertz CT molecular complexity index is 882. The number of hydrogen-bond acceptors (Lipinski definition) is 6. The minimum atomic E-state index is -3.57. The van der Waals surface area contributed by atoms with Crippen molar-refractivity contribution in [2.75, 3.05) is 5.75 Å². The maximum absolute atomic E-state index is 12.4. The van der Waals surface area contributed by atoms with Gasteiger partial charge in [0.25, 0.3) is 10.9 Å². The molecule has 0 aliphatic rings. The Balaban J connectivity index is 1.99. The number of rotatable bonds is 4. The summed E-state index contributed by atoms with van der Waals surface area (Å²) in [7, 11) is -3.57. The molecule has 0 N–H and O–H groups in total. The second kappa shape index (κ2) is 4.92. The van der Waals surface area contributed by atoms with Gasteiger partial charge in [0.05, 0.1) is 12.3 Å². The summed E-state index contributed by atoms with van der Waals surface area (Å²) in [6.45, 7) is 3.90. The van der Waals surface area contributed by atoms with Crippen molar-refractivity contribution >= 4 is 15.6 Å². The molecule has 0 saturated heterocycles. The first-order valence-electron chi connectivity index (χ1n) is 6.37. The smallest absolute Gasteiger partial charge is 0.256 e. The number of aryl methyl sites for hydroxylation is 3. The van der Waals surface area contributed by atoms with E-state index < -0.39 is 9.84 Å². The second-order valence-corrected chi connectivity index (χ2v) is 6.75. The molecule has 3 aromatic heterocycles. The van der Waals surface area contributed by atoms with Crippen LogP contribution in [0, 0.1) is 13.8 Å². The Hall–Kier alpha value is -2.29. The van der Waals surface area contributed by atoms with Crippen LogP contribution in [0.3, 0.4) is 0 Å². The van der Waals surface area contributed by atoms with Gasteiger partial charge in [0.2, 0.25) is 9.84 Å². The lowest BCUT2D eigenvalue weighted by Gasteiger charge is -2.05. The summed E-state index contributed by atoms with van der Waals surface area (Å²) in [5.74, 6) is 0.202. The molecule has 9 heteroatoms. The zero-order valence-corrected chi connectivity index (χ0v) is 12.4. The van der Waals surface area contributed by atoms with E-state index in [0.717, 1.165) is 11.4 Å². The van der Waals surface area contributed by atoms with E-state index in [1.807, 2.05) is 6.92 Å². The van der Waals surface area contributed by atoms with Crippen LogP contribution >= 0.6 is 0 Å². The lowest BCUT2D eigenvalue weighted by Crippen LogP contribution is -2.17. The van der Waals surface area contributed by atoms with Crippen LogP contribution in [0.2, 0.25) is 0 Å². The average molecular weight is 306 g/mol. The summed E-state index contributed by atoms with van der Waals surface area (Å²) >= 11 is 0. The van der Waals surface area contributed by atoms with Crippen molar-refractivity contribution in [3.8, 4) is 0 Å². The molecule has 3 heterocycles. The molecule has 3 rings (SSSR count). The monoisotopic (exact) mass is 306 g/mol. The third kappa shape index (κ3) is 2.51. The lowest BCUT2D eigenvalue weighted by molar-refractivity contribution is 0.570. The minimum Gasteiger partial charge on any atom is -0.272 e. The Morgan fingerprint density at radius 3 is 2.76 bits per heavy atom. The Morgan fingerprint density at radius 1 is 1.24 bits per heavy atom. The maximum atomic E-state index is 12.4. The molecule has 0 aliphatic carbocycles. The van der Waals surface area contributed by atoms with Gasteiger partial charge >= 0.3 is 0 Å². The van der Waals surface area contributed by atoms with E-state index in [1.165, 1.54) is 4.40 Å². The number of aromatic nitrogens is 6. The third-order valence-corrected chi connectivity index (χ3v) is 4.63. The molecule has 0 aromatic carbocycles. The predicted molar refractivity (Wildman–Crippen MR) is 74.5 cm³/mol. The average Bonchev–Trinajstić information content (AvgIpc) is 3.05. The van der Waals surface area contributed by atoms with E-state index in [4.69, 9.17) is 0 Å². The Labute approximate surface area is 121 Å². The molecule has 0 unspecified atom stereocenters. The van der Waals surface area contributed by atoms with Gasteiger partial charge in [-0.15, -0.1) is 10.2 Å². The van der Waals surface area contributed by atoms with Gasteiger partial charge in [-0.2, -0.15) is 5.10 Å². The molecule has 0 atom stereocenters. The van der Waals surface area contributed by atoms with Crippen molar-refractivity contribution in [3.05, 3.63) is 35.9 Å². The fraction of sp³-hybridized carbons (Fsp3) is 0.333. The van der Waals surface area contributed by atoms with Gasteiger partial charge in [-0.05, 0) is 26.0 Å². The number of nitrogens with zero attached hydrogens (tertiary/aromatic N) is 6. The first kappa shape index (κ1) is 13.7. The van der Waals surface area contributed by atoms with Crippen molar-refractivity contribution in [2.24, 2.45) is 0 Å². The molecule has 0 amide bonds. The second-order valence-electron chi connectivity index (χ2n) is 4.74. The van der Waals surface area contributed by atoms with Gasteiger partial charge < -0.3 is 0 Å².